The summed E-state index contributed by atoms with van der Waals surface area (Å²) in [5.74, 6) is 1.31. The van der Waals surface area contributed by atoms with Crippen molar-refractivity contribution in [3.8, 4) is 0 Å². The van der Waals surface area contributed by atoms with Crippen molar-refractivity contribution in [1.29, 1.82) is 0 Å². The Bertz CT molecular complexity index is 404. The van der Waals surface area contributed by atoms with Crippen LogP contribution in [-0.4, -0.2) is 44.1 Å². The fraction of sp³-hybridized carbons (Fsp3) is 1.00. The fourth-order valence-corrected chi connectivity index (χ4v) is 5.14. The predicted octanol–water partition coefficient (Wildman–Crippen LogP) is 3.65. The summed E-state index contributed by atoms with van der Waals surface area (Å²) in [6.45, 7) is 22.0. The normalized spacial score (nSPS) is 35.0. The standard InChI is InChI=1S/C21H46BN3/c1-9-10-21(17(3)11-16(2)12-23)13-20(8,22)18(4)25(15-24-14-21)19(5,6)7/h16-18,24H,9-15,22-23H2,1-8H3. The molecule has 0 aromatic heterocycles. The molecule has 1 fully saturated rings. The molecule has 0 amide bonds. The Morgan fingerprint density at radius 3 is 2.40 bits per heavy atom. The third-order valence-corrected chi connectivity index (χ3v) is 6.98. The first-order chi connectivity index (χ1) is 11.4. The molecule has 5 unspecified atom stereocenters. The van der Waals surface area contributed by atoms with Crippen molar-refractivity contribution in [2.75, 3.05) is 19.8 Å². The van der Waals surface area contributed by atoms with E-state index in [9.17, 15) is 0 Å². The van der Waals surface area contributed by atoms with Gasteiger partial charge in [-0.25, -0.2) is 0 Å². The zero-order valence-electron chi connectivity index (χ0n) is 18.7. The van der Waals surface area contributed by atoms with Crippen molar-refractivity contribution in [2.45, 2.75) is 98.0 Å². The molecule has 0 spiro atoms. The third kappa shape index (κ3) is 5.71. The fourth-order valence-electron chi connectivity index (χ4n) is 5.14. The van der Waals surface area contributed by atoms with Crippen molar-refractivity contribution in [1.82, 2.24) is 10.2 Å². The van der Waals surface area contributed by atoms with Gasteiger partial charge in [-0.05, 0) is 76.1 Å². The Labute approximate surface area is 159 Å². The maximum atomic E-state index is 5.94. The average Bonchev–Trinajstić information content (AvgIpc) is 2.48. The summed E-state index contributed by atoms with van der Waals surface area (Å²) in [5.41, 5.74) is 6.51. The predicted molar refractivity (Wildman–Crippen MR) is 115 cm³/mol. The highest BCUT2D eigenvalue weighted by Gasteiger charge is 2.46. The Balaban J connectivity index is 3.14. The second-order valence-electron chi connectivity index (χ2n) is 10.7. The van der Waals surface area contributed by atoms with Crippen molar-refractivity contribution >= 4 is 7.85 Å². The van der Waals surface area contributed by atoms with Crippen LogP contribution in [0.25, 0.3) is 0 Å². The molecule has 3 nitrogen and oxygen atoms in total. The quantitative estimate of drug-likeness (QED) is 0.718. The topological polar surface area (TPSA) is 41.3 Å². The van der Waals surface area contributed by atoms with E-state index in [-0.39, 0.29) is 5.54 Å². The summed E-state index contributed by atoms with van der Waals surface area (Å²) in [4.78, 5) is 2.65. The summed E-state index contributed by atoms with van der Waals surface area (Å²) in [5, 5.41) is 4.15. The van der Waals surface area contributed by atoms with Crippen molar-refractivity contribution in [3.05, 3.63) is 0 Å². The molecule has 5 atom stereocenters. The monoisotopic (exact) mass is 351 g/mol. The van der Waals surface area contributed by atoms with Crippen LogP contribution in [-0.2, 0) is 0 Å². The molecule has 1 rings (SSSR count). The van der Waals surface area contributed by atoms with Gasteiger partial charge in [-0.3, -0.25) is 4.90 Å². The zero-order valence-corrected chi connectivity index (χ0v) is 18.7. The van der Waals surface area contributed by atoms with Crippen molar-refractivity contribution in [2.24, 2.45) is 23.0 Å². The van der Waals surface area contributed by atoms with Gasteiger partial charge >= 0.3 is 0 Å². The number of hydrogen-bond donors (Lipinski definition) is 2. The van der Waals surface area contributed by atoms with Gasteiger partial charge in [-0.2, -0.15) is 0 Å². The summed E-state index contributed by atoms with van der Waals surface area (Å²) in [6.07, 6.45) is 5.10. The van der Waals surface area contributed by atoms with Crippen LogP contribution in [0, 0.1) is 17.3 Å². The summed E-state index contributed by atoms with van der Waals surface area (Å²) >= 11 is 0. The minimum Gasteiger partial charge on any atom is -0.330 e. The number of hydrogen-bond acceptors (Lipinski definition) is 3. The maximum absolute atomic E-state index is 5.94. The van der Waals surface area contributed by atoms with Crippen molar-refractivity contribution in [3.63, 3.8) is 0 Å². The zero-order chi connectivity index (χ0) is 19.5. The largest absolute Gasteiger partial charge is 0.330 e. The molecule has 0 aromatic rings. The SMILES string of the molecule is BC1(C)CC(CCC)(C(C)CC(C)CN)CNCN(C(C)(C)C)C1C. The Hall–Kier alpha value is -0.0551. The van der Waals surface area contributed by atoms with Crippen LogP contribution in [0.5, 0.6) is 0 Å². The lowest BCUT2D eigenvalue weighted by molar-refractivity contribution is -0.000472. The molecular formula is C21H46BN3. The van der Waals surface area contributed by atoms with E-state index in [1.807, 2.05) is 0 Å². The lowest BCUT2D eigenvalue weighted by Gasteiger charge is -2.54. The van der Waals surface area contributed by atoms with Gasteiger partial charge < -0.3 is 11.1 Å². The van der Waals surface area contributed by atoms with Gasteiger partial charge in [0.1, 0.15) is 7.85 Å². The van der Waals surface area contributed by atoms with Crippen LogP contribution in [0.4, 0.5) is 0 Å². The molecule has 0 bridgehead atoms. The Morgan fingerprint density at radius 2 is 1.92 bits per heavy atom. The van der Waals surface area contributed by atoms with Gasteiger partial charge in [-0.1, -0.05) is 34.1 Å². The first-order valence-electron chi connectivity index (χ1n) is 10.6. The lowest BCUT2D eigenvalue weighted by atomic mass is 9.53. The van der Waals surface area contributed by atoms with Gasteiger partial charge in [0.25, 0.3) is 0 Å². The summed E-state index contributed by atoms with van der Waals surface area (Å²) in [6, 6.07) is 0.552. The second kappa shape index (κ2) is 8.76. The molecule has 148 valence electrons. The van der Waals surface area contributed by atoms with E-state index >= 15 is 0 Å². The van der Waals surface area contributed by atoms with Crippen LogP contribution >= 0.6 is 0 Å². The third-order valence-electron chi connectivity index (χ3n) is 6.98. The molecule has 0 aliphatic carbocycles. The molecule has 1 aliphatic rings. The van der Waals surface area contributed by atoms with E-state index in [0.717, 1.165) is 19.8 Å². The first-order valence-corrected chi connectivity index (χ1v) is 10.6. The Kier molecular flexibility index (Phi) is 8.05. The van der Waals surface area contributed by atoms with E-state index in [0.29, 0.717) is 28.6 Å². The average molecular weight is 351 g/mol. The molecule has 0 radical (unpaired) electrons. The molecule has 3 N–H and O–H groups in total. The summed E-state index contributed by atoms with van der Waals surface area (Å²) < 4.78 is 0. The summed E-state index contributed by atoms with van der Waals surface area (Å²) in [7, 11) is 2.49. The van der Waals surface area contributed by atoms with E-state index in [1.165, 1.54) is 25.7 Å². The molecule has 25 heavy (non-hydrogen) atoms. The van der Waals surface area contributed by atoms with E-state index < -0.39 is 0 Å². The molecule has 0 saturated carbocycles. The number of nitrogens with zero attached hydrogens (tertiary/aromatic N) is 1. The van der Waals surface area contributed by atoms with Crippen LogP contribution in [0.3, 0.4) is 0 Å². The van der Waals surface area contributed by atoms with Gasteiger partial charge in [0, 0.05) is 24.8 Å². The van der Waals surface area contributed by atoms with Crippen LogP contribution < -0.4 is 11.1 Å². The van der Waals surface area contributed by atoms with E-state index in [2.05, 4.69) is 73.5 Å². The van der Waals surface area contributed by atoms with Crippen molar-refractivity contribution < 1.29 is 0 Å². The lowest BCUT2D eigenvalue weighted by Crippen LogP contribution is -2.59. The molecular weight excluding hydrogens is 305 g/mol. The first kappa shape index (κ1) is 23.0. The van der Waals surface area contributed by atoms with Crippen LogP contribution in [0.1, 0.15) is 81.1 Å². The smallest absolute Gasteiger partial charge is 0.111 e. The number of nitrogens with one attached hydrogen (secondary N) is 1. The molecule has 0 aromatic carbocycles. The van der Waals surface area contributed by atoms with Gasteiger partial charge in [-0.15, -0.1) is 0 Å². The highest BCUT2D eigenvalue weighted by molar-refractivity contribution is 6.15. The number of rotatable bonds is 6. The van der Waals surface area contributed by atoms with Gasteiger partial charge in [0.2, 0.25) is 0 Å². The second-order valence-corrected chi connectivity index (χ2v) is 10.7. The molecule has 1 aliphatic heterocycles. The van der Waals surface area contributed by atoms with E-state index in [1.54, 1.807) is 0 Å². The van der Waals surface area contributed by atoms with Gasteiger partial charge in [0.05, 0.1) is 0 Å². The molecule has 1 heterocycles. The highest BCUT2D eigenvalue weighted by atomic mass is 15.3. The number of nitrogens with two attached hydrogens (primary N) is 1. The van der Waals surface area contributed by atoms with Crippen LogP contribution in [0.2, 0.25) is 5.31 Å². The minimum atomic E-state index is 0.189. The highest BCUT2D eigenvalue weighted by Crippen LogP contribution is 2.50. The maximum Gasteiger partial charge on any atom is 0.111 e. The van der Waals surface area contributed by atoms with Crippen LogP contribution in [0.15, 0.2) is 0 Å². The van der Waals surface area contributed by atoms with E-state index in [4.69, 9.17) is 5.73 Å². The molecule has 4 heteroatoms. The molecule has 1 saturated heterocycles. The Morgan fingerprint density at radius 1 is 1.32 bits per heavy atom. The van der Waals surface area contributed by atoms with Gasteiger partial charge in [0.15, 0.2) is 0 Å². The minimum absolute atomic E-state index is 0.189.